The lowest BCUT2D eigenvalue weighted by Gasteiger charge is -2.15. The second kappa shape index (κ2) is 6.35. The van der Waals surface area contributed by atoms with Crippen LogP contribution in [0.25, 0.3) is 0 Å². The first-order valence-corrected chi connectivity index (χ1v) is 5.62. The normalized spacial score (nSPS) is 11.4. The van der Waals surface area contributed by atoms with Gasteiger partial charge in [-0.1, -0.05) is 6.92 Å². The van der Waals surface area contributed by atoms with Gasteiger partial charge in [0.2, 0.25) is 0 Å². The predicted octanol–water partition coefficient (Wildman–Crippen LogP) is 2.72. The Morgan fingerprint density at radius 2 is 2.05 bits per heavy atom. The molecule has 1 atom stereocenters. The van der Waals surface area contributed by atoms with Gasteiger partial charge in [-0.05, 0) is 12.5 Å². The molecule has 1 aromatic carbocycles. The molecule has 0 saturated carbocycles. The molecular formula is C12H13N3O4. The number of nitrogens with zero attached hydrogens (tertiary/aromatic N) is 2. The fourth-order valence-electron chi connectivity index (χ4n) is 1.57. The Balaban J connectivity index is 3.10. The summed E-state index contributed by atoms with van der Waals surface area (Å²) in [4.78, 5) is 20.2. The third-order valence-electron chi connectivity index (χ3n) is 2.61. The second-order valence-corrected chi connectivity index (χ2v) is 3.87. The fraction of sp³-hybridized carbons (Fsp3) is 0.333. The van der Waals surface area contributed by atoms with E-state index in [0.717, 1.165) is 6.07 Å². The van der Waals surface area contributed by atoms with Crippen molar-refractivity contribution >= 4 is 17.1 Å². The average molecular weight is 263 g/mol. The summed E-state index contributed by atoms with van der Waals surface area (Å²) in [6.45, 7) is 1.90. The summed E-state index contributed by atoms with van der Waals surface area (Å²) in [5.74, 6) is 2.48. The van der Waals surface area contributed by atoms with Crippen LogP contribution < -0.4 is 5.32 Å². The van der Waals surface area contributed by atoms with Crippen LogP contribution in [0.2, 0.25) is 0 Å². The fourth-order valence-corrected chi connectivity index (χ4v) is 1.57. The average Bonchev–Trinajstić information content (AvgIpc) is 2.37. The van der Waals surface area contributed by atoms with Crippen molar-refractivity contribution in [2.45, 2.75) is 25.8 Å². The van der Waals surface area contributed by atoms with Crippen molar-refractivity contribution in [1.29, 1.82) is 0 Å². The van der Waals surface area contributed by atoms with Crippen LogP contribution >= 0.6 is 0 Å². The largest absolute Gasteiger partial charge is 0.376 e. The van der Waals surface area contributed by atoms with Gasteiger partial charge in [-0.25, -0.2) is 0 Å². The monoisotopic (exact) mass is 263 g/mol. The summed E-state index contributed by atoms with van der Waals surface area (Å²) in [6, 6.07) is 3.38. The third kappa shape index (κ3) is 3.67. The number of benzene rings is 1. The lowest BCUT2D eigenvalue weighted by Crippen LogP contribution is -2.18. The van der Waals surface area contributed by atoms with Gasteiger partial charge in [0, 0.05) is 18.5 Å². The molecule has 7 heteroatoms. The molecule has 0 amide bonds. The Morgan fingerprint density at radius 1 is 1.37 bits per heavy atom. The molecule has 0 aliphatic rings. The van der Waals surface area contributed by atoms with Crippen LogP contribution in [-0.4, -0.2) is 15.9 Å². The van der Waals surface area contributed by atoms with E-state index in [1.54, 1.807) is 0 Å². The van der Waals surface area contributed by atoms with Gasteiger partial charge in [0.25, 0.3) is 11.4 Å². The number of nitro benzene ring substituents is 2. The molecule has 1 N–H and O–H groups in total. The molecule has 1 aromatic rings. The van der Waals surface area contributed by atoms with Crippen molar-refractivity contribution in [3.05, 3.63) is 38.4 Å². The Morgan fingerprint density at radius 3 is 2.53 bits per heavy atom. The molecule has 7 nitrogen and oxygen atoms in total. The molecule has 1 rings (SSSR count). The zero-order valence-electron chi connectivity index (χ0n) is 10.3. The minimum absolute atomic E-state index is 0.106. The second-order valence-electron chi connectivity index (χ2n) is 3.87. The van der Waals surface area contributed by atoms with Gasteiger partial charge in [0.15, 0.2) is 0 Å². The van der Waals surface area contributed by atoms with E-state index < -0.39 is 9.85 Å². The number of hydrogen-bond donors (Lipinski definition) is 1. The van der Waals surface area contributed by atoms with Crippen molar-refractivity contribution in [3.8, 4) is 12.3 Å². The molecule has 0 aliphatic carbocycles. The molecule has 0 radical (unpaired) electrons. The topological polar surface area (TPSA) is 98.3 Å². The number of nitro groups is 2. The maximum absolute atomic E-state index is 10.9. The van der Waals surface area contributed by atoms with E-state index in [1.807, 2.05) is 6.92 Å². The number of terminal acetylenes is 1. The van der Waals surface area contributed by atoms with Crippen molar-refractivity contribution in [3.63, 3.8) is 0 Å². The lowest BCUT2D eigenvalue weighted by molar-refractivity contribution is -0.393. The van der Waals surface area contributed by atoms with E-state index >= 15 is 0 Å². The van der Waals surface area contributed by atoms with Gasteiger partial charge >= 0.3 is 0 Å². The summed E-state index contributed by atoms with van der Waals surface area (Å²) in [6.07, 6.45) is 6.32. The maximum atomic E-state index is 10.9. The number of nitrogens with one attached hydrogen (secondary N) is 1. The quantitative estimate of drug-likeness (QED) is 0.483. The highest BCUT2D eigenvalue weighted by atomic mass is 16.6. The van der Waals surface area contributed by atoms with E-state index in [4.69, 9.17) is 6.42 Å². The van der Waals surface area contributed by atoms with Crippen molar-refractivity contribution in [2.24, 2.45) is 0 Å². The van der Waals surface area contributed by atoms with Crippen LogP contribution in [0.15, 0.2) is 18.2 Å². The first-order valence-electron chi connectivity index (χ1n) is 5.62. The van der Waals surface area contributed by atoms with Crippen LogP contribution in [0.4, 0.5) is 17.1 Å². The molecule has 0 spiro atoms. The predicted molar refractivity (Wildman–Crippen MR) is 70.9 cm³/mol. The molecule has 1 unspecified atom stereocenters. The molecule has 100 valence electrons. The van der Waals surface area contributed by atoms with Crippen molar-refractivity contribution in [1.82, 2.24) is 0 Å². The summed E-state index contributed by atoms with van der Waals surface area (Å²) >= 11 is 0. The number of anilines is 1. The van der Waals surface area contributed by atoms with Gasteiger partial charge in [0.05, 0.1) is 15.9 Å². The highest BCUT2D eigenvalue weighted by molar-refractivity contribution is 5.65. The van der Waals surface area contributed by atoms with Gasteiger partial charge in [-0.15, -0.1) is 12.3 Å². The Bertz CT molecular complexity index is 536. The van der Waals surface area contributed by atoms with Crippen molar-refractivity contribution in [2.75, 3.05) is 5.32 Å². The summed E-state index contributed by atoms with van der Waals surface area (Å²) in [5.41, 5.74) is -0.412. The van der Waals surface area contributed by atoms with E-state index in [0.29, 0.717) is 12.8 Å². The van der Waals surface area contributed by atoms with Gasteiger partial charge in [0.1, 0.15) is 5.69 Å². The Kier molecular flexibility index (Phi) is 4.83. The molecule has 0 fully saturated rings. The zero-order valence-corrected chi connectivity index (χ0v) is 10.3. The highest BCUT2D eigenvalue weighted by Crippen LogP contribution is 2.29. The smallest absolute Gasteiger partial charge is 0.299 e. The van der Waals surface area contributed by atoms with Crippen LogP contribution in [0.3, 0.4) is 0 Å². The molecule has 0 aromatic heterocycles. The molecule has 19 heavy (non-hydrogen) atoms. The molecule has 0 bridgehead atoms. The van der Waals surface area contributed by atoms with Gasteiger partial charge < -0.3 is 5.32 Å². The van der Waals surface area contributed by atoms with E-state index in [1.165, 1.54) is 12.1 Å². The highest BCUT2D eigenvalue weighted by Gasteiger charge is 2.20. The van der Waals surface area contributed by atoms with Crippen LogP contribution in [-0.2, 0) is 0 Å². The Labute approximate surface area is 109 Å². The maximum Gasteiger partial charge on any atom is 0.299 e. The first-order chi connectivity index (χ1) is 8.99. The SMILES string of the molecule is C#CCC(CC)Nc1ccc([N+](=O)[O-])cc1[N+](=O)[O-]. The number of rotatable bonds is 6. The van der Waals surface area contributed by atoms with Crippen LogP contribution in [0.1, 0.15) is 19.8 Å². The van der Waals surface area contributed by atoms with Gasteiger partial charge in [-0.2, -0.15) is 0 Å². The number of hydrogen-bond acceptors (Lipinski definition) is 5. The number of non-ortho nitro benzene ring substituents is 1. The van der Waals surface area contributed by atoms with E-state index in [-0.39, 0.29) is 23.1 Å². The van der Waals surface area contributed by atoms with Crippen LogP contribution in [0, 0.1) is 32.6 Å². The lowest BCUT2D eigenvalue weighted by atomic mass is 10.1. The summed E-state index contributed by atoms with van der Waals surface area (Å²) < 4.78 is 0. The third-order valence-corrected chi connectivity index (χ3v) is 2.61. The van der Waals surface area contributed by atoms with E-state index in [2.05, 4.69) is 11.2 Å². The zero-order chi connectivity index (χ0) is 14.4. The van der Waals surface area contributed by atoms with Crippen molar-refractivity contribution < 1.29 is 9.85 Å². The van der Waals surface area contributed by atoms with Crippen LogP contribution in [0.5, 0.6) is 0 Å². The van der Waals surface area contributed by atoms with Gasteiger partial charge in [-0.3, -0.25) is 20.2 Å². The summed E-state index contributed by atoms with van der Waals surface area (Å²) in [7, 11) is 0. The molecule has 0 aliphatic heterocycles. The minimum atomic E-state index is -0.671. The first kappa shape index (κ1) is 14.4. The standard InChI is InChI=1S/C12H13N3O4/c1-3-5-9(4-2)13-11-7-6-10(14(16)17)8-12(11)15(18)19/h1,6-9,13H,4-5H2,2H3. The molecular weight excluding hydrogens is 250 g/mol. The minimum Gasteiger partial charge on any atom is -0.376 e. The summed E-state index contributed by atoms with van der Waals surface area (Å²) in [5, 5.41) is 24.5. The van der Waals surface area contributed by atoms with E-state index in [9.17, 15) is 20.2 Å². The Hall–Kier alpha value is -2.62. The molecule has 0 saturated heterocycles. The molecule has 0 heterocycles.